The number of carbonyl (C=O) groups excluding carboxylic acids is 2. The fraction of sp³-hybridized carbons (Fsp3) is 0.125. The maximum atomic E-state index is 12.6. The predicted octanol–water partition coefficient (Wildman–Crippen LogP) is 4.82. The number of anilines is 2. The highest BCUT2D eigenvalue weighted by atomic mass is 32.2. The first kappa shape index (κ1) is 22.1. The quantitative estimate of drug-likeness (QED) is 0.473. The van der Waals surface area contributed by atoms with E-state index >= 15 is 0 Å². The SMILES string of the molecule is Cc1ccc(CSCC(=O)Nc2cccc(C(=O)Nc3ccccc3C(=O)O)c2)cc1. The lowest BCUT2D eigenvalue weighted by atomic mass is 10.1. The van der Waals surface area contributed by atoms with Crippen molar-refractivity contribution in [2.75, 3.05) is 16.4 Å². The summed E-state index contributed by atoms with van der Waals surface area (Å²) in [5, 5.41) is 14.6. The van der Waals surface area contributed by atoms with Crippen LogP contribution in [0.15, 0.2) is 72.8 Å². The molecule has 6 nitrogen and oxygen atoms in total. The summed E-state index contributed by atoms with van der Waals surface area (Å²) in [4.78, 5) is 36.1. The number of para-hydroxylation sites is 1. The highest BCUT2D eigenvalue weighted by Gasteiger charge is 2.13. The number of nitrogens with one attached hydrogen (secondary N) is 2. The molecule has 158 valence electrons. The number of aryl methyl sites for hydroxylation is 1. The number of hydrogen-bond acceptors (Lipinski definition) is 4. The largest absolute Gasteiger partial charge is 0.478 e. The molecule has 0 aliphatic rings. The van der Waals surface area contributed by atoms with E-state index in [0.29, 0.717) is 11.3 Å². The van der Waals surface area contributed by atoms with Gasteiger partial charge in [-0.2, -0.15) is 0 Å². The van der Waals surface area contributed by atoms with Crippen LogP contribution in [0.4, 0.5) is 11.4 Å². The smallest absolute Gasteiger partial charge is 0.337 e. The first-order chi connectivity index (χ1) is 14.9. The summed E-state index contributed by atoms with van der Waals surface area (Å²) in [6.07, 6.45) is 0. The van der Waals surface area contributed by atoms with E-state index in [0.717, 1.165) is 11.3 Å². The molecule has 0 unspecified atom stereocenters. The Balaban J connectivity index is 1.57. The van der Waals surface area contributed by atoms with E-state index in [9.17, 15) is 19.5 Å². The van der Waals surface area contributed by atoms with Gasteiger partial charge in [0.05, 0.1) is 17.0 Å². The molecule has 0 saturated carbocycles. The van der Waals surface area contributed by atoms with Gasteiger partial charge in [-0.05, 0) is 42.8 Å². The standard InChI is InChI=1S/C24H22N2O4S/c1-16-9-11-17(12-10-16)14-31-15-22(27)25-19-6-4-5-18(13-19)23(28)26-21-8-3-2-7-20(21)24(29)30/h2-13H,14-15H2,1H3,(H,25,27)(H,26,28)(H,29,30). The molecule has 0 aromatic heterocycles. The topological polar surface area (TPSA) is 95.5 Å². The molecule has 0 atom stereocenters. The number of benzene rings is 3. The third kappa shape index (κ3) is 6.45. The lowest BCUT2D eigenvalue weighted by molar-refractivity contribution is -0.113. The van der Waals surface area contributed by atoms with Crippen molar-refractivity contribution in [2.24, 2.45) is 0 Å². The summed E-state index contributed by atoms with van der Waals surface area (Å²) in [5.41, 5.74) is 3.38. The highest BCUT2D eigenvalue weighted by Crippen LogP contribution is 2.18. The second kappa shape index (κ2) is 10.4. The molecular weight excluding hydrogens is 412 g/mol. The number of carboxylic acid groups (broad SMARTS) is 1. The predicted molar refractivity (Wildman–Crippen MR) is 124 cm³/mol. The number of hydrogen-bond donors (Lipinski definition) is 3. The van der Waals surface area contributed by atoms with Crippen LogP contribution in [-0.2, 0) is 10.5 Å². The molecule has 0 aliphatic heterocycles. The fourth-order valence-corrected chi connectivity index (χ4v) is 3.64. The summed E-state index contributed by atoms with van der Waals surface area (Å²) in [6, 6.07) is 20.9. The van der Waals surface area contributed by atoms with E-state index in [-0.39, 0.29) is 22.9 Å². The van der Waals surface area contributed by atoms with Crippen LogP contribution in [0.1, 0.15) is 31.8 Å². The van der Waals surface area contributed by atoms with Crippen molar-refractivity contribution in [3.8, 4) is 0 Å². The van der Waals surface area contributed by atoms with Gasteiger partial charge in [0.2, 0.25) is 5.91 Å². The van der Waals surface area contributed by atoms with E-state index in [4.69, 9.17) is 0 Å². The Labute approximate surface area is 184 Å². The fourth-order valence-electron chi connectivity index (χ4n) is 2.85. The zero-order valence-corrected chi connectivity index (χ0v) is 17.7. The van der Waals surface area contributed by atoms with Gasteiger partial charge in [-0.15, -0.1) is 11.8 Å². The minimum absolute atomic E-state index is 0.00547. The Kier molecular flexibility index (Phi) is 7.45. The average Bonchev–Trinajstić information content (AvgIpc) is 2.75. The van der Waals surface area contributed by atoms with Crippen LogP contribution in [0.5, 0.6) is 0 Å². The third-order valence-corrected chi connectivity index (χ3v) is 5.44. The van der Waals surface area contributed by atoms with Crippen LogP contribution in [-0.4, -0.2) is 28.6 Å². The lowest BCUT2D eigenvalue weighted by Crippen LogP contribution is -2.17. The molecular formula is C24H22N2O4S. The van der Waals surface area contributed by atoms with Crippen molar-refractivity contribution in [2.45, 2.75) is 12.7 Å². The molecule has 31 heavy (non-hydrogen) atoms. The molecule has 0 saturated heterocycles. The average molecular weight is 435 g/mol. The first-order valence-corrected chi connectivity index (χ1v) is 10.7. The number of carbonyl (C=O) groups is 3. The summed E-state index contributed by atoms with van der Waals surface area (Å²) in [6.45, 7) is 2.03. The van der Waals surface area contributed by atoms with Crippen LogP contribution >= 0.6 is 11.8 Å². The first-order valence-electron chi connectivity index (χ1n) is 9.59. The van der Waals surface area contributed by atoms with Crippen LogP contribution in [0.3, 0.4) is 0 Å². The summed E-state index contributed by atoms with van der Waals surface area (Å²) < 4.78 is 0. The molecule has 0 heterocycles. The molecule has 3 N–H and O–H groups in total. The van der Waals surface area contributed by atoms with E-state index in [1.807, 2.05) is 31.2 Å². The Morgan fingerprint density at radius 3 is 2.39 bits per heavy atom. The van der Waals surface area contributed by atoms with Gasteiger partial charge in [-0.3, -0.25) is 9.59 Å². The van der Waals surface area contributed by atoms with Crippen molar-refractivity contribution in [1.82, 2.24) is 0 Å². The van der Waals surface area contributed by atoms with E-state index in [2.05, 4.69) is 10.6 Å². The minimum Gasteiger partial charge on any atom is -0.478 e. The third-order valence-electron chi connectivity index (χ3n) is 4.44. The maximum Gasteiger partial charge on any atom is 0.337 e. The molecule has 3 rings (SSSR count). The maximum absolute atomic E-state index is 12.6. The molecule has 2 amide bonds. The molecule has 7 heteroatoms. The normalized spacial score (nSPS) is 10.4. The molecule has 0 fully saturated rings. The van der Waals surface area contributed by atoms with Crippen molar-refractivity contribution >= 4 is 40.9 Å². The van der Waals surface area contributed by atoms with Gasteiger partial charge in [0.1, 0.15) is 0 Å². The Morgan fingerprint density at radius 1 is 0.903 bits per heavy atom. The van der Waals surface area contributed by atoms with Crippen LogP contribution in [0.2, 0.25) is 0 Å². The van der Waals surface area contributed by atoms with Crippen LogP contribution in [0, 0.1) is 6.92 Å². The number of rotatable bonds is 8. The van der Waals surface area contributed by atoms with Crippen LogP contribution in [0.25, 0.3) is 0 Å². The van der Waals surface area contributed by atoms with Crippen molar-refractivity contribution in [3.63, 3.8) is 0 Å². The number of aromatic carboxylic acids is 1. The molecule has 3 aromatic rings. The van der Waals surface area contributed by atoms with Crippen molar-refractivity contribution in [1.29, 1.82) is 0 Å². The number of carboxylic acids is 1. The van der Waals surface area contributed by atoms with Gasteiger partial charge >= 0.3 is 5.97 Å². The molecule has 3 aromatic carbocycles. The minimum atomic E-state index is -1.12. The molecule has 0 radical (unpaired) electrons. The van der Waals surface area contributed by atoms with E-state index < -0.39 is 11.9 Å². The van der Waals surface area contributed by atoms with Gasteiger partial charge in [0.15, 0.2) is 0 Å². The Morgan fingerprint density at radius 2 is 1.65 bits per heavy atom. The van der Waals surface area contributed by atoms with Gasteiger partial charge in [0, 0.05) is 17.0 Å². The van der Waals surface area contributed by atoms with Gasteiger partial charge in [-0.25, -0.2) is 4.79 Å². The summed E-state index contributed by atoms with van der Waals surface area (Å²) in [5.74, 6) is -0.723. The zero-order valence-electron chi connectivity index (χ0n) is 16.9. The van der Waals surface area contributed by atoms with Crippen molar-refractivity contribution < 1.29 is 19.5 Å². The lowest BCUT2D eigenvalue weighted by Gasteiger charge is -2.10. The monoisotopic (exact) mass is 434 g/mol. The number of thioether (sulfide) groups is 1. The zero-order chi connectivity index (χ0) is 22.2. The Hall–Kier alpha value is -3.58. The van der Waals surface area contributed by atoms with E-state index in [1.165, 1.54) is 29.5 Å². The van der Waals surface area contributed by atoms with Crippen molar-refractivity contribution in [3.05, 3.63) is 95.1 Å². The second-order valence-electron chi connectivity index (χ2n) is 6.91. The molecule has 0 aliphatic carbocycles. The van der Waals surface area contributed by atoms with E-state index in [1.54, 1.807) is 36.4 Å². The van der Waals surface area contributed by atoms with Gasteiger partial charge in [0.25, 0.3) is 5.91 Å². The highest BCUT2D eigenvalue weighted by molar-refractivity contribution is 7.99. The van der Waals surface area contributed by atoms with Crippen LogP contribution < -0.4 is 10.6 Å². The Bertz CT molecular complexity index is 1100. The summed E-state index contributed by atoms with van der Waals surface area (Å²) in [7, 11) is 0. The second-order valence-corrected chi connectivity index (χ2v) is 7.90. The van der Waals surface area contributed by atoms with Gasteiger partial charge in [-0.1, -0.05) is 48.0 Å². The van der Waals surface area contributed by atoms with Gasteiger partial charge < -0.3 is 15.7 Å². The molecule has 0 spiro atoms. The number of amides is 2. The summed E-state index contributed by atoms with van der Waals surface area (Å²) >= 11 is 1.51. The molecule has 0 bridgehead atoms.